The molecule has 7 heteroatoms. The Morgan fingerprint density at radius 2 is 2.08 bits per heavy atom. The van der Waals surface area contributed by atoms with Gasteiger partial charge in [-0.25, -0.2) is 4.98 Å². The summed E-state index contributed by atoms with van der Waals surface area (Å²) in [6.07, 6.45) is 0.869. The summed E-state index contributed by atoms with van der Waals surface area (Å²) in [7, 11) is 0. The van der Waals surface area contributed by atoms with Gasteiger partial charge in [-0.1, -0.05) is 30.3 Å². The van der Waals surface area contributed by atoms with Gasteiger partial charge in [0.1, 0.15) is 11.5 Å². The Labute approximate surface area is 150 Å². The maximum absolute atomic E-state index is 6.00. The smallest absolute Gasteiger partial charge is 0.212 e. The standard InChI is InChI=1S/C18H21N5OS/c1-12(9-13-5-3-2-4-6-13)21-17(20)23-18-22-15(11-25-18)16-8-7-14(10-19)24-16/h2-8,11-12H,9-10,19H2,1H3,(H3,20,21,22,23). The van der Waals surface area contributed by atoms with Crippen molar-refractivity contribution in [2.75, 3.05) is 0 Å². The molecule has 2 aromatic heterocycles. The monoisotopic (exact) mass is 355 g/mol. The molecule has 0 radical (unpaired) electrons. The Morgan fingerprint density at radius 3 is 2.80 bits per heavy atom. The number of hydrogen-bond donors (Lipinski definition) is 3. The maximum Gasteiger partial charge on any atom is 0.212 e. The summed E-state index contributed by atoms with van der Waals surface area (Å²) >= 11 is 1.41. The normalized spacial score (nSPS) is 13.0. The zero-order chi connectivity index (χ0) is 17.6. The van der Waals surface area contributed by atoms with Gasteiger partial charge < -0.3 is 21.2 Å². The highest BCUT2D eigenvalue weighted by atomic mass is 32.1. The number of hydrogen-bond acceptors (Lipinski definition) is 5. The van der Waals surface area contributed by atoms with E-state index in [1.807, 2.05) is 35.7 Å². The van der Waals surface area contributed by atoms with E-state index < -0.39 is 0 Å². The molecule has 0 saturated heterocycles. The van der Waals surface area contributed by atoms with Crippen molar-refractivity contribution in [2.45, 2.75) is 25.9 Å². The summed E-state index contributed by atoms with van der Waals surface area (Å²) in [5.74, 6) is 1.76. The molecular weight excluding hydrogens is 334 g/mol. The molecule has 0 aliphatic heterocycles. The van der Waals surface area contributed by atoms with Gasteiger partial charge in [0.25, 0.3) is 0 Å². The Kier molecular flexibility index (Phi) is 5.47. The molecule has 2 heterocycles. The van der Waals surface area contributed by atoms with Gasteiger partial charge in [-0.15, -0.1) is 11.3 Å². The first-order valence-electron chi connectivity index (χ1n) is 8.03. The van der Waals surface area contributed by atoms with Crippen LogP contribution in [-0.4, -0.2) is 17.0 Å². The fourth-order valence-electron chi connectivity index (χ4n) is 2.46. The molecule has 3 rings (SSSR count). The minimum absolute atomic E-state index is 0.169. The van der Waals surface area contributed by atoms with E-state index in [0.29, 0.717) is 23.4 Å². The van der Waals surface area contributed by atoms with E-state index >= 15 is 0 Å². The average molecular weight is 355 g/mol. The predicted molar refractivity (Wildman–Crippen MR) is 102 cm³/mol. The third kappa shape index (κ3) is 4.68. The number of nitrogens with two attached hydrogens (primary N) is 2. The number of nitrogens with one attached hydrogen (secondary N) is 1. The van der Waals surface area contributed by atoms with Crippen LogP contribution in [-0.2, 0) is 13.0 Å². The second kappa shape index (κ2) is 7.96. The Hall–Kier alpha value is -2.64. The van der Waals surface area contributed by atoms with E-state index in [2.05, 4.69) is 34.3 Å². The van der Waals surface area contributed by atoms with Crippen LogP contribution >= 0.6 is 11.3 Å². The summed E-state index contributed by atoms with van der Waals surface area (Å²) in [5.41, 5.74) is 13.5. The van der Waals surface area contributed by atoms with Crippen molar-refractivity contribution in [2.24, 2.45) is 16.5 Å². The SMILES string of the molecule is CC(Cc1ccccc1)NC(N)=Nc1nc(-c2ccc(CN)o2)cs1. The van der Waals surface area contributed by atoms with Gasteiger partial charge >= 0.3 is 0 Å². The van der Waals surface area contributed by atoms with Crippen LogP contribution < -0.4 is 16.8 Å². The molecule has 0 saturated carbocycles. The summed E-state index contributed by atoms with van der Waals surface area (Å²) in [6.45, 7) is 2.44. The van der Waals surface area contributed by atoms with Crippen molar-refractivity contribution in [3.05, 3.63) is 59.2 Å². The molecule has 1 unspecified atom stereocenters. The topological polar surface area (TPSA) is 102 Å². The highest BCUT2D eigenvalue weighted by Crippen LogP contribution is 2.27. The molecule has 1 atom stereocenters. The highest BCUT2D eigenvalue weighted by Gasteiger charge is 2.10. The lowest BCUT2D eigenvalue weighted by molar-refractivity contribution is 0.524. The molecule has 0 fully saturated rings. The van der Waals surface area contributed by atoms with Crippen molar-refractivity contribution >= 4 is 22.4 Å². The largest absolute Gasteiger partial charge is 0.458 e. The van der Waals surface area contributed by atoms with Crippen molar-refractivity contribution in [3.63, 3.8) is 0 Å². The maximum atomic E-state index is 6.00. The van der Waals surface area contributed by atoms with Crippen LogP contribution in [0.3, 0.4) is 0 Å². The van der Waals surface area contributed by atoms with Crippen LogP contribution in [0.2, 0.25) is 0 Å². The number of rotatable bonds is 6. The van der Waals surface area contributed by atoms with Gasteiger partial charge in [0.2, 0.25) is 5.13 Å². The number of furan rings is 1. The number of aliphatic imine (C=N–C) groups is 1. The minimum Gasteiger partial charge on any atom is -0.458 e. The summed E-state index contributed by atoms with van der Waals surface area (Å²) in [4.78, 5) is 8.77. The first kappa shape index (κ1) is 17.2. The minimum atomic E-state index is 0.169. The van der Waals surface area contributed by atoms with E-state index in [1.54, 1.807) is 0 Å². The van der Waals surface area contributed by atoms with E-state index in [-0.39, 0.29) is 6.04 Å². The van der Waals surface area contributed by atoms with Gasteiger partial charge in [0.15, 0.2) is 11.7 Å². The number of thiazole rings is 1. The van der Waals surface area contributed by atoms with Crippen molar-refractivity contribution in [1.82, 2.24) is 10.3 Å². The molecule has 0 aliphatic carbocycles. The third-order valence-corrected chi connectivity index (χ3v) is 4.34. The Balaban J connectivity index is 1.62. The number of nitrogens with zero attached hydrogens (tertiary/aromatic N) is 2. The lowest BCUT2D eigenvalue weighted by atomic mass is 10.1. The molecule has 25 heavy (non-hydrogen) atoms. The van der Waals surface area contributed by atoms with Gasteiger partial charge in [0, 0.05) is 11.4 Å². The predicted octanol–water partition coefficient (Wildman–Crippen LogP) is 3.03. The average Bonchev–Trinajstić information content (AvgIpc) is 3.24. The van der Waals surface area contributed by atoms with Gasteiger partial charge in [-0.2, -0.15) is 4.99 Å². The van der Waals surface area contributed by atoms with Crippen molar-refractivity contribution in [1.29, 1.82) is 0 Å². The second-order valence-electron chi connectivity index (χ2n) is 5.72. The van der Waals surface area contributed by atoms with Crippen molar-refractivity contribution < 1.29 is 4.42 Å². The van der Waals surface area contributed by atoms with Crippen LogP contribution in [0.1, 0.15) is 18.2 Å². The van der Waals surface area contributed by atoms with E-state index in [4.69, 9.17) is 15.9 Å². The van der Waals surface area contributed by atoms with Crippen LogP contribution in [0.15, 0.2) is 57.3 Å². The Bertz CT molecular complexity index is 840. The molecule has 0 spiro atoms. The van der Waals surface area contributed by atoms with Crippen molar-refractivity contribution in [3.8, 4) is 11.5 Å². The molecular formula is C18H21N5OS. The van der Waals surface area contributed by atoms with Crippen LogP contribution in [0.4, 0.5) is 5.13 Å². The first-order chi connectivity index (χ1) is 12.1. The molecule has 1 aromatic carbocycles. The number of benzene rings is 1. The molecule has 130 valence electrons. The fraction of sp³-hybridized carbons (Fsp3) is 0.222. The fourth-order valence-corrected chi connectivity index (χ4v) is 3.15. The van der Waals surface area contributed by atoms with Gasteiger partial charge in [0.05, 0.1) is 6.54 Å². The highest BCUT2D eigenvalue weighted by molar-refractivity contribution is 7.13. The van der Waals surface area contributed by atoms with E-state index in [9.17, 15) is 0 Å². The van der Waals surface area contributed by atoms with E-state index in [1.165, 1.54) is 16.9 Å². The molecule has 5 N–H and O–H groups in total. The lowest BCUT2D eigenvalue weighted by Crippen LogP contribution is -2.39. The Morgan fingerprint density at radius 1 is 1.28 bits per heavy atom. The first-order valence-corrected chi connectivity index (χ1v) is 8.91. The molecule has 6 nitrogen and oxygen atoms in total. The zero-order valence-electron chi connectivity index (χ0n) is 14.0. The number of aromatic nitrogens is 1. The second-order valence-corrected chi connectivity index (χ2v) is 6.55. The summed E-state index contributed by atoms with van der Waals surface area (Å²) in [6, 6.07) is 14.1. The molecule has 0 amide bonds. The van der Waals surface area contributed by atoms with Crippen LogP contribution in [0, 0.1) is 0 Å². The summed E-state index contributed by atoms with van der Waals surface area (Å²) in [5, 5.41) is 5.66. The zero-order valence-corrected chi connectivity index (χ0v) is 14.8. The van der Waals surface area contributed by atoms with Gasteiger partial charge in [-0.05, 0) is 31.0 Å². The quantitative estimate of drug-likeness (QED) is 0.466. The molecule has 0 aliphatic rings. The van der Waals surface area contributed by atoms with Gasteiger partial charge in [-0.3, -0.25) is 0 Å². The molecule has 0 bridgehead atoms. The van der Waals surface area contributed by atoms with E-state index in [0.717, 1.165) is 17.9 Å². The lowest BCUT2D eigenvalue weighted by Gasteiger charge is -2.14. The molecule has 3 aromatic rings. The third-order valence-electron chi connectivity index (χ3n) is 3.60. The summed E-state index contributed by atoms with van der Waals surface area (Å²) < 4.78 is 5.59. The van der Waals surface area contributed by atoms with Crippen LogP contribution in [0.5, 0.6) is 0 Å². The number of guanidine groups is 1. The van der Waals surface area contributed by atoms with Crippen LogP contribution in [0.25, 0.3) is 11.5 Å².